The third-order valence-corrected chi connectivity index (χ3v) is 5.06. The van der Waals surface area contributed by atoms with Gasteiger partial charge in [-0.3, -0.25) is 0 Å². The Bertz CT molecular complexity index is 854. The lowest BCUT2D eigenvalue weighted by Crippen LogP contribution is -2.21. The maximum atomic E-state index is 12.2. The Kier molecular flexibility index (Phi) is 6.44. The lowest BCUT2D eigenvalue weighted by molar-refractivity contribution is 0.0440. The van der Waals surface area contributed by atoms with Crippen molar-refractivity contribution >= 4 is 16.0 Å². The van der Waals surface area contributed by atoms with Gasteiger partial charge < -0.3 is 13.9 Å². The van der Waals surface area contributed by atoms with Gasteiger partial charge in [-0.2, -0.15) is 0 Å². The van der Waals surface area contributed by atoms with Crippen molar-refractivity contribution in [3.63, 3.8) is 0 Å². The molecule has 0 aliphatic rings. The van der Waals surface area contributed by atoms with Crippen molar-refractivity contribution < 1.29 is 27.1 Å². The number of nitrogens with zero attached hydrogens (tertiary/aromatic N) is 1. The summed E-state index contributed by atoms with van der Waals surface area (Å²) >= 11 is 0. The second-order valence-corrected chi connectivity index (χ2v) is 8.40. The number of rotatable bonds is 8. The minimum Gasteiger partial charge on any atom is -0.493 e. The highest BCUT2D eigenvalue weighted by atomic mass is 32.2. The van der Waals surface area contributed by atoms with E-state index < -0.39 is 16.0 Å². The second-order valence-electron chi connectivity index (χ2n) is 6.32. The highest BCUT2D eigenvalue weighted by molar-refractivity contribution is 7.88. The molecular formula is C18H23NO6S. The van der Waals surface area contributed by atoms with Crippen LogP contribution in [0.4, 0.5) is 0 Å². The zero-order chi connectivity index (χ0) is 19.3. The van der Waals surface area contributed by atoms with Gasteiger partial charge in [-0.25, -0.2) is 17.5 Å². The zero-order valence-electron chi connectivity index (χ0n) is 15.3. The fraction of sp³-hybridized carbons (Fsp3) is 0.389. The van der Waals surface area contributed by atoms with Crippen molar-refractivity contribution in [2.24, 2.45) is 5.92 Å². The number of hydrogen-bond donors (Lipinski definition) is 0. The monoisotopic (exact) mass is 381 g/mol. The van der Waals surface area contributed by atoms with Gasteiger partial charge in [-0.15, -0.1) is 0 Å². The van der Waals surface area contributed by atoms with Gasteiger partial charge in [-0.1, -0.05) is 19.9 Å². The zero-order valence-corrected chi connectivity index (χ0v) is 16.1. The van der Waals surface area contributed by atoms with Gasteiger partial charge in [0.1, 0.15) is 18.1 Å². The standard InChI is InChI=1S/C18H23NO6S/c1-13(2)11-23-15-7-5-6-14(10-15)18(20)24-12-16-8-9-17(25-16)26(21,22)19(3)4/h5-10,13H,11-12H2,1-4H3. The number of carbonyl (C=O) groups is 1. The van der Waals surface area contributed by atoms with E-state index in [1.54, 1.807) is 24.3 Å². The molecule has 0 fully saturated rings. The third kappa shape index (κ3) is 5.09. The van der Waals surface area contributed by atoms with Crippen LogP contribution in [-0.4, -0.2) is 39.4 Å². The van der Waals surface area contributed by atoms with E-state index in [9.17, 15) is 13.2 Å². The predicted molar refractivity (Wildman–Crippen MR) is 95.5 cm³/mol. The molecule has 0 saturated carbocycles. The third-order valence-electron chi connectivity index (χ3n) is 3.37. The molecule has 0 amide bonds. The summed E-state index contributed by atoms with van der Waals surface area (Å²) in [6.07, 6.45) is 0. The average molecular weight is 381 g/mol. The maximum absolute atomic E-state index is 12.2. The van der Waals surface area contributed by atoms with Crippen LogP contribution < -0.4 is 4.74 Å². The van der Waals surface area contributed by atoms with E-state index in [4.69, 9.17) is 13.9 Å². The molecule has 0 spiro atoms. The number of furan rings is 1. The highest BCUT2D eigenvalue weighted by Gasteiger charge is 2.22. The van der Waals surface area contributed by atoms with Gasteiger partial charge >= 0.3 is 5.97 Å². The Morgan fingerprint density at radius 3 is 2.58 bits per heavy atom. The van der Waals surface area contributed by atoms with E-state index in [-0.39, 0.29) is 17.5 Å². The van der Waals surface area contributed by atoms with Crippen molar-refractivity contribution in [2.75, 3.05) is 20.7 Å². The molecule has 7 nitrogen and oxygen atoms in total. The quantitative estimate of drug-likeness (QED) is 0.654. The summed E-state index contributed by atoms with van der Waals surface area (Å²) in [5.41, 5.74) is 0.346. The summed E-state index contributed by atoms with van der Waals surface area (Å²) in [5.74, 6) is 0.655. The minimum absolute atomic E-state index is 0.168. The molecule has 0 N–H and O–H groups in total. The lowest BCUT2D eigenvalue weighted by atomic mass is 10.2. The SMILES string of the molecule is CC(C)COc1cccc(C(=O)OCc2ccc(S(=O)(=O)N(C)C)o2)c1. The number of ether oxygens (including phenoxy) is 2. The molecule has 1 heterocycles. The minimum atomic E-state index is -3.66. The molecule has 0 unspecified atom stereocenters. The molecular weight excluding hydrogens is 358 g/mol. The van der Waals surface area contributed by atoms with E-state index in [1.165, 1.54) is 26.2 Å². The number of benzene rings is 1. The number of sulfonamides is 1. The van der Waals surface area contributed by atoms with Gasteiger partial charge in [0.05, 0.1) is 12.2 Å². The van der Waals surface area contributed by atoms with Crippen molar-refractivity contribution in [3.8, 4) is 5.75 Å². The largest absolute Gasteiger partial charge is 0.493 e. The van der Waals surface area contributed by atoms with Crippen molar-refractivity contribution in [1.29, 1.82) is 0 Å². The van der Waals surface area contributed by atoms with Crippen LogP contribution in [0.1, 0.15) is 30.0 Å². The smallest absolute Gasteiger partial charge is 0.338 e. The van der Waals surface area contributed by atoms with Crippen LogP contribution in [0.3, 0.4) is 0 Å². The van der Waals surface area contributed by atoms with Gasteiger partial charge in [0.15, 0.2) is 0 Å². The van der Waals surface area contributed by atoms with Crippen molar-refractivity contribution in [2.45, 2.75) is 25.5 Å². The van der Waals surface area contributed by atoms with Crippen LogP contribution in [0, 0.1) is 5.92 Å². The van der Waals surface area contributed by atoms with Crippen LogP contribution in [0.15, 0.2) is 45.9 Å². The molecule has 2 aromatic rings. The van der Waals surface area contributed by atoms with E-state index in [0.29, 0.717) is 23.8 Å². The molecule has 26 heavy (non-hydrogen) atoms. The molecule has 0 aliphatic heterocycles. The summed E-state index contributed by atoms with van der Waals surface area (Å²) in [7, 11) is -0.839. The van der Waals surface area contributed by atoms with Crippen molar-refractivity contribution in [1.82, 2.24) is 4.31 Å². The van der Waals surface area contributed by atoms with Crippen LogP contribution in [0.25, 0.3) is 0 Å². The molecule has 2 rings (SSSR count). The molecule has 0 saturated heterocycles. The van der Waals surface area contributed by atoms with Crippen LogP contribution in [0.2, 0.25) is 0 Å². The highest BCUT2D eigenvalue weighted by Crippen LogP contribution is 2.19. The Balaban J connectivity index is 1.99. The molecule has 142 valence electrons. The summed E-state index contributed by atoms with van der Waals surface area (Å²) in [5, 5.41) is -0.197. The number of carbonyl (C=O) groups excluding carboxylic acids is 1. The van der Waals surface area contributed by atoms with E-state index in [2.05, 4.69) is 0 Å². The molecule has 1 aromatic heterocycles. The van der Waals surface area contributed by atoms with Gasteiger partial charge in [-0.05, 0) is 36.2 Å². The summed E-state index contributed by atoms with van der Waals surface area (Å²) in [4.78, 5) is 12.2. The first-order chi connectivity index (χ1) is 12.2. The summed E-state index contributed by atoms with van der Waals surface area (Å²) < 4.78 is 41.0. The molecule has 0 radical (unpaired) electrons. The van der Waals surface area contributed by atoms with Gasteiger partial charge in [0, 0.05) is 14.1 Å². The first kappa shape index (κ1) is 20.0. The normalized spacial score (nSPS) is 11.8. The molecule has 1 aromatic carbocycles. The molecule has 0 atom stereocenters. The van der Waals surface area contributed by atoms with E-state index in [0.717, 1.165) is 4.31 Å². The second kappa shape index (κ2) is 8.37. The van der Waals surface area contributed by atoms with Gasteiger partial charge in [0.2, 0.25) is 5.09 Å². The van der Waals surface area contributed by atoms with Crippen LogP contribution in [0.5, 0.6) is 5.75 Å². The fourth-order valence-corrected chi connectivity index (χ4v) is 2.76. The summed E-state index contributed by atoms with van der Waals surface area (Å²) in [6, 6.07) is 9.50. The van der Waals surface area contributed by atoms with Gasteiger partial charge in [0.25, 0.3) is 10.0 Å². The fourth-order valence-electron chi connectivity index (χ4n) is 1.95. The maximum Gasteiger partial charge on any atom is 0.338 e. The Hall–Kier alpha value is -2.32. The van der Waals surface area contributed by atoms with E-state index in [1.807, 2.05) is 13.8 Å². The first-order valence-corrected chi connectivity index (χ1v) is 9.55. The first-order valence-electron chi connectivity index (χ1n) is 8.11. The topological polar surface area (TPSA) is 86.0 Å². The predicted octanol–water partition coefficient (Wildman–Crippen LogP) is 2.92. The number of esters is 1. The van der Waals surface area contributed by atoms with E-state index >= 15 is 0 Å². The molecule has 0 aliphatic carbocycles. The Morgan fingerprint density at radius 1 is 1.19 bits per heavy atom. The van der Waals surface area contributed by atoms with Crippen LogP contribution in [-0.2, 0) is 21.4 Å². The summed E-state index contributed by atoms with van der Waals surface area (Å²) in [6.45, 7) is 4.45. The Morgan fingerprint density at radius 2 is 1.92 bits per heavy atom. The lowest BCUT2D eigenvalue weighted by Gasteiger charge is -2.10. The Labute approximate surface area is 153 Å². The molecule has 8 heteroatoms. The van der Waals surface area contributed by atoms with Crippen LogP contribution >= 0.6 is 0 Å². The molecule has 0 bridgehead atoms. The number of hydrogen-bond acceptors (Lipinski definition) is 6. The van der Waals surface area contributed by atoms with Crippen molar-refractivity contribution in [3.05, 3.63) is 47.7 Å². The average Bonchev–Trinajstić information content (AvgIpc) is 3.07.